The maximum Gasteiger partial charge on any atom is 0.410 e. The van der Waals surface area contributed by atoms with Gasteiger partial charge in [0, 0.05) is 26.2 Å². The number of ether oxygens (including phenoxy) is 1. The lowest BCUT2D eigenvalue weighted by atomic mass is 10.1. The van der Waals surface area contributed by atoms with Gasteiger partial charge in [-0.2, -0.15) is 0 Å². The molecule has 2 aliphatic rings. The molecule has 2 atom stereocenters. The second kappa shape index (κ2) is 7.93. The van der Waals surface area contributed by atoms with Crippen LogP contribution in [0.25, 0.3) is 11.0 Å². The van der Waals surface area contributed by atoms with Gasteiger partial charge in [-0.25, -0.2) is 9.78 Å². The number of carbonyl (C=O) groups is 2. The van der Waals surface area contributed by atoms with Gasteiger partial charge in [0.05, 0.1) is 23.0 Å². The topological polar surface area (TPSA) is 67.7 Å². The SMILES string of the molecule is CCn1c(C2CCCN2C(=O)C2CCN(C(=O)OC(C)(C)C)C2)nc2ccccc21. The summed E-state index contributed by atoms with van der Waals surface area (Å²) in [5.74, 6) is 0.947. The summed E-state index contributed by atoms with van der Waals surface area (Å²) in [4.78, 5) is 34.4. The molecule has 2 unspecified atom stereocenters. The number of imidazole rings is 1. The van der Waals surface area contributed by atoms with Crippen LogP contribution in [0.4, 0.5) is 4.79 Å². The smallest absolute Gasteiger partial charge is 0.410 e. The molecule has 1 aromatic carbocycles. The molecular formula is C23H32N4O3. The normalized spacial score (nSPS) is 22.1. The number of hydrogen-bond donors (Lipinski definition) is 0. The molecule has 0 bridgehead atoms. The Morgan fingerprint density at radius 1 is 1.17 bits per heavy atom. The van der Waals surface area contributed by atoms with E-state index >= 15 is 0 Å². The van der Waals surface area contributed by atoms with Crippen LogP contribution in [0.1, 0.15) is 58.8 Å². The van der Waals surface area contributed by atoms with E-state index in [0.29, 0.717) is 19.5 Å². The Morgan fingerprint density at radius 2 is 1.93 bits per heavy atom. The van der Waals surface area contributed by atoms with E-state index in [9.17, 15) is 9.59 Å². The fourth-order valence-corrected chi connectivity index (χ4v) is 4.67. The van der Waals surface area contributed by atoms with E-state index in [1.54, 1.807) is 4.90 Å². The Morgan fingerprint density at radius 3 is 2.67 bits per heavy atom. The number of benzene rings is 1. The molecule has 7 nitrogen and oxygen atoms in total. The number of carbonyl (C=O) groups excluding carboxylic acids is 2. The summed E-state index contributed by atoms with van der Waals surface area (Å²) in [7, 11) is 0. The van der Waals surface area contributed by atoms with Crippen molar-refractivity contribution in [1.82, 2.24) is 19.4 Å². The van der Waals surface area contributed by atoms with Gasteiger partial charge in [0.2, 0.25) is 5.91 Å². The molecule has 0 radical (unpaired) electrons. The average molecular weight is 413 g/mol. The average Bonchev–Trinajstić information content (AvgIpc) is 3.42. The van der Waals surface area contributed by atoms with Crippen molar-refractivity contribution < 1.29 is 14.3 Å². The van der Waals surface area contributed by atoms with Crippen LogP contribution in [-0.4, -0.2) is 56.6 Å². The first-order chi connectivity index (χ1) is 14.3. The van der Waals surface area contributed by atoms with Crippen LogP contribution in [0.5, 0.6) is 0 Å². The molecule has 2 saturated heterocycles. The lowest BCUT2D eigenvalue weighted by Gasteiger charge is -2.28. The second-order valence-electron chi connectivity index (χ2n) is 9.30. The van der Waals surface area contributed by atoms with Crippen LogP contribution in [-0.2, 0) is 16.1 Å². The minimum atomic E-state index is -0.529. The highest BCUT2D eigenvalue weighted by atomic mass is 16.6. The molecule has 2 aliphatic heterocycles. The first kappa shape index (κ1) is 20.7. The molecule has 30 heavy (non-hydrogen) atoms. The van der Waals surface area contributed by atoms with Gasteiger partial charge in [0.15, 0.2) is 0 Å². The Labute approximate surface area is 178 Å². The van der Waals surface area contributed by atoms with Crippen molar-refractivity contribution in [2.75, 3.05) is 19.6 Å². The zero-order chi connectivity index (χ0) is 21.5. The zero-order valence-electron chi connectivity index (χ0n) is 18.4. The van der Waals surface area contributed by atoms with Gasteiger partial charge >= 0.3 is 6.09 Å². The van der Waals surface area contributed by atoms with Crippen LogP contribution in [0.15, 0.2) is 24.3 Å². The number of nitrogens with zero attached hydrogens (tertiary/aromatic N) is 4. The number of aryl methyl sites for hydroxylation is 1. The standard InChI is InChI=1S/C23H32N4O3/c1-5-26-18-10-7-6-9-17(18)24-20(26)19-11-8-13-27(19)21(28)16-12-14-25(15-16)22(29)30-23(2,3)4/h6-7,9-10,16,19H,5,8,11-15H2,1-4H3. The molecule has 162 valence electrons. The highest BCUT2D eigenvalue weighted by molar-refractivity contribution is 5.82. The van der Waals surface area contributed by atoms with Crippen molar-refractivity contribution in [3.63, 3.8) is 0 Å². The van der Waals surface area contributed by atoms with Crippen molar-refractivity contribution >= 4 is 23.0 Å². The molecule has 7 heteroatoms. The van der Waals surface area contributed by atoms with Gasteiger partial charge in [-0.1, -0.05) is 12.1 Å². The molecule has 2 aromatic rings. The van der Waals surface area contributed by atoms with Crippen LogP contribution in [0.3, 0.4) is 0 Å². The van der Waals surface area contributed by atoms with Gasteiger partial charge in [-0.15, -0.1) is 0 Å². The van der Waals surface area contributed by atoms with Gasteiger partial charge < -0.3 is 19.1 Å². The fraction of sp³-hybridized carbons (Fsp3) is 0.609. The summed E-state index contributed by atoms with van der Waals surface area (Å²) in [6, 6.07) is 8.15. The summed E-state index contributed by atoms with van der Waals surface area (Å²) in [5.41, 5.74) is 1.57. The Bertz CT molecular complexity index is 946. The molecular weight excluding hydrogens is 380 g/mol. The lowest BCUT2D eigenvalue weighted by molar-refractivity contribution is -0.136. The molecule has 2 fully saturated rings. The lowest BCUT2D eigenvalue weighted by Crippen LogP contribution is -2.39. The third-order valence-corrected chi connectivity index (χ3v) is 6.02. The predicted octanol–water partition coefficient (Wildman–Crippen LogP) is 3.98. The molecule has 2 amide bonds. The van der Waals surface area contributed by atoms with Gasteiger partial charge in [-0.05, 0) is 59.1 Å². The quantitative estimate of drug-likeness (QED) is 0.765. The second-order valence-corrected chi connectivity index (χ2v) is 9.30. The zero-order valence-corrected chi connectivity index (χ0v) is 18.4. The number of aromatic nitrogens is 2. The Kier molecular flexibility index (Phi) is 5.47. The summed E-state index contributed by atoms with van der Waals surface area (Å²) < 4.78 is 7.71. The number of likely N-dealkylation sites (tertiary alicyclic amines) is 2. The summed E-state index contributed by atoms with van der Waals surface area (Å²) in [6.07, 6.45) is 2.26. The first-order valence-electron chi connectivity index (χ1n) is 11.0. The van der Waals surface area contributed by atoms with Gasteiger partial charge in [-0.3, -0.25) is 4.79 Å². The monoisotopic (exact) mass is 412 g/mol. The van der Waals surface area contributed by atoms with Crippen molar-refractivity contribution in [2.45, 2.75) is 65.1 Å². The van der Waals surface area contributed by atoms with E-state index in [-0.39, 0.29) is 24.0 Å². The van der Waals surface area contributed by atoms with E-state index in [1.165, 1.54) is 0 Å². The number of para-hydroxylation sites is 2. The number of hydrogen-bond acceptors (Lipinski definition) is 4. The fourth-order valence-electron chi connectivity index (χ4n) is 4.67. The molecule has 3 heterocycles. The van der Waals surface area contributed by atoms with E-state index in [1.807, 2.05) is 43.9 Å². The van der Waals surface area contributed by atoms with Crippen LogP contribution in [0.2, 0.25) is 0 Å². The maximum absolute atomic E-state index is 13.4. The predicted molar refractivity (Wildman–Crippen MR) is 115 cm³/mol. The molecule has 0 N–H and O–H groups in total. The van der Waals surface area contributed by atoms with Crippen molar-refractivity contribution in [2.24, 2.45) is 5.92 Å². The first-order valence-corrected chi connectivity index (χ1v) is 11.0. The highest BCUT2D eigenvalue weighted by Crippen LogP contribution is 2.35. The van der Waals surface area contributed by atoms with E-state index in [2.05, 4.69) is 17.6 Å². The number of fused-ring (bicyclic) bond motifs is 1. The minimum absolute atomic E-state index is 0.000395. The van der Waals surface area contributed by atoms with Crippen LogP contribution >= 0.6 is 0 Å². The van der Waals surface area contributed by atoms with Gasteiger partial charge in [0.25, 0.3) is 0 Å². The van der Waals surface area contributed by atoms with Crippen LogP contribution in [0, 0.1) is 5.92 Å². The minimum Gasteiger partial charge on any atom is -0.444 e. The van der Waals surface area contributed by atoms with Crippen molar-refractivity contribution in [1.29, 1.82) is 0 Å². The molecule has 4 rings (SSSR count). The van der Waals surface area contributed by atoms with Crippen molar-refractivity contribution in [3.05, 3.63) is 30.1 Å². The van der Waals surface area contributed by atoms with E-state index < -0.39 is 5.60 Å². The maximum atomic E-state index is 13.4. The summed E-state index contributed by atoms with van der Waals surface area (Å²) >= 11 is 0. The van der Waals surface area contributed by atoms with Crippen LogP contribution < -0.4 is 0 Å². The Balaban J connectivity index is 1.51. The van der Waals surface area contributed by atoms with Crippen molar-refractivity contribution in [3.8, 4) is 0 Å². The molecule has 0 aliphatic carbocycles. The number of amides is 2. The summed E-state index contributed by atoms with van der Waals surface area (Å²) in [5, 5.41) is 0. The third kappa shape index (κ3) is 3.89. The van der Waals surface area contributed by atoms with E-state index in [0.717, 1.165) is 42.8 Å². The molecule has 1 aromatic heterocycles. The van der Waals surface area contributed by atoms with Gasteiger partial charge in [0.1, 0.15) is 11.4 Å². The third-order valence-electron chi connectivity index (χ3n) is 6.02. The molecule has 0 saturated carbocycles. The molecule has 0 spiro atoms. The Hall–Kier alpha value is -2.57. The largest absolute Gasteiger partial charge is 0.444 e. The highest BCUT2D eigenvalue weighted by Gasteiger charge is 2.40. The number of rotatable bonds is 3. The van der Waals surface area contributed by atoms with E-state index in [4.69, 9.17) is 9.72 Å². The summed E-state index contributed by atoms with van der Waals surface area (Å²) in [6.45, 7) is 10.3.